The van der Waals surface area contributed by atoms with Crippen molar-refractivity contribution in [2.45, 2.75) is 27.7 Å². The van der Waals surface area contributed by atoms with Crippen LogP contribution in [-0.2, 0) is 0 Å². The smallest absolute Gasteiger partial charge is 0.272 e. The van der Waals surface area contributed by atoms with Gasteiger partial charge in [0.15, 0.2) is 5.84 Å². The number of nitrogens with one attached hydrogen (secondary N) is 1. The van der Waals surface area contributed by atoms with Crippen molar-refractivity contribution in [2.24, 2.45) is 21.2 Å². The Balaban J connectivity index is 2.16. The number of hydrogen-bond donors (Lipinski definition) is 1. The summed E-state index contributed by atoms with van der Waals surface area (Å²) in [6.45, 7) is 7.58. The average Bonchev–Trinajstić information content (AvgIpc) is 2.47. The predicted molar refractivity (Wildman–Crippen MR) is 86.2 cm³/mol. The van der Waals surface area contributed by atoms with E-state index in [0.29, 0.717) is 17.5 Å². The van der Waals surface area contributed by atoms with Crippen LogP contribution in [0.2, 0.25) is 0 Å². The number of hydrazone groups is 1. The van der Waals surface area contributed by atoms with E-state index >= 15 is 0 Å². The Morgan fingerprint density at radius 1 is 1.00 bits per heavy atom. The summed E-state index contributed by atoms with van der Waals surface area (Å²) in [5, 5.41) is 12.5. The van der Waals surface area contributed by atoms with Gasteiger partial charge in [-0.3, -0.25) is 5.43 Å². The van der Waals surface area contributed by atoms with E-state index in [-0.39, 0.29) is 11.9 Å². The van der Waals surface area contributed by atoms with Crippen LogP contribution in [0.15, 0.2) is 45.7 Å². The zero-order valence-corrected chi connectivity index (χ0v) is 13.1. The highest BCUT2D eigenvalue weighted by Gasteiger charge is 2.05. The molecule has 2 rings (SSSR count). The monoisotopic (exact) mass is 297 g/mol. The third-order valence-electron chi connectivity index (χ3n) is 2.68. The summed E-state index contributed by atoms with van der Waals surface area (Å²) < 4.78 is 0. The molecule has 7 heteroatoms. The van der Waals surface area contributed by atoms with Gasteiger partial charge in [0.25, 0.3) is 5.95 Å². The number of rotatable bonds is 4. The van der Waals surface area contributed by atoms with Gasteiger partial charge in [0.1, 0.15) is 11.6 Å². The Kier molecular flexibility index (Phi) is 5.24. The first-order valence-corrected chi connectivity index (χ1v) is 7.04. The van der Waals surface area contributed by atoms with E-state index in [1.807, 2.05) is 44.2 Å². The fourth-order valence-electron chi connectivity index (χ4n) is 1.64. The Labute approximate surface area is 129 Å². The lowest BCUT2D eigenvalue weighted by atomic mass is 10.2. The van der Waals surface area contributed by atoms with Crippen LogP contribution in [0.3, 0.4) is 0 Å². The van der Waals surface area contributed by atoms with Crippen molar-refractivity contribution in [1.82, 2.24) is 15.0 Å². The third kappa shape index (κ3) is 4.69. The van der Waals surface area contributed by atoms with Crippen molar-refractivity contribution < 1.29 is 0 Å². The van der Waals surface area contributed by atoms with Crippen LogP contribution >= 0.6 is 0 Å². The molecule has 7 nitrogen and oxygen atoms in total. The molecule has 0 radical (unpaired) electrons. The van der Waals surface area contributed by atoms with Gasteiger partial charge < -0.3 is 0 Å². The molecule has 1 aromatic heterocycles. The maximum Gasteiger partial charge on any atom is 0.272 e. The SMILES string of the molecule is Cc1nc(C)nc(N=NC(=NNc2ccccc2)C(C)C)n1. The molecule has 0 saturated carbocycles. The van der Waals surface area contributed by atoms with Gasteiger partial charge in [-0.05, 0) is 26.0 Å². The number of benzene rings is 1. The van der Waals surface area contributed by atoms with Crippen molar-refractivity contribution in [3.8, 4) is 0 Å². The lowest BCUT2D eigenvalue weighted by Crippen LogP contribution is -2.07. The minimum atomic E-state index is 0.115. The standard InChI is InChI=1S/C15H19N7/c1-10(2)14(20-19-13-8-6-5-7-9-13)21-22-15-17-11(3)16-12(4)18-15/h5-10,19H,1-4H3. The molecule has 1 aromatic carbocycles. The van der Waals surface area contributed by atoms with Crippen molar-refractivity contribution in [1.29, 1.82) is 0 Å². The first kappa shape index (κ1) is 15.7. The van der Waals surface area contributed by atoms with E-state index in [9.17, 15) is 0 Å². The van der Waals surface area contributed by atoms with Crippen LogP contribution in [0.4, 0.5) is 11.6 Å². The van der Waals surface area contributed by atoms with Crippen LogP contribution in [0.5, 0.6) is 0 Å². The second-order valence-electron chi connectivity index (χ2n) is 5.03. The number of azo groups is 1. The highest BCUT2D eigenvalue weighted by Crippen LogP contribution is 2.10. The Hall–Kier alpha value is -2.70. The molecule has 0 aliphatic heterocycles. The topological polar surface area (TPSA) is 87.8 Å². The molecular weight excluding hydrogens is 278 g/mol. The van der Waals surface area contributed by atoms with E-state index in [4.69, 9.17) is 0 Å². The number of aromatic nitrogens is 3. The highest BCUT2D eigenvalue weighted by molar-refractivity contribution is 5.85. The molecule has 0 aliphatic carbocycles. The molecule has 2 aromatic rings. The maximum absolute atomic E-state index is 4.29. The summed E-state index contributed by atoms with van der Waals surface area (Å²) in [6.07, 6.45) is 0. The lowest BCUT2D eigenvalue weighted by Gasteiger charge is -2.05. The quantitative estimate of drug-likeness (QED) is 0.404. The van der Waals surface area contributed by atoms with Crippen molar-refractivity contribution in [3.05, 3.63) is 42.0 Å². The van der Waals surface area contributed by atoms with Crippen LogP contribution < -0.4 is 5.43 Å². The summed E-state index contributed by atoms with van der Waals surface area (Å²) in [4.78, 5) is 12.4. The summed E-state index contributed by atoms with van der Waals surface area (Å²) in [5.41, 5.74) is 3.86. The zero-order valence-electron chi connectivity index (χ0n) is 13.1. The van der Waals surface area contributed by atoms with Crippen LogP contribution in [0, 0.1) is 19.8 Å². The van der Waals surface area contributed by atoms with Gasteiger partial charge in [-0.25, -0.2) is 4.98 Å². The number of para-hydroxylation sites is 1. The first-order valence-electron chi connectivity index (χ1n) is 7.04. The average molecular weight is 297 g/mol. The zero-order chi connectivity index (χ0) is 15.9. The summed E-state index contributed by atoms with van der Waals surface area (Å²) in [7, 11) is 0. The number of nitrogens with zero attached hydrogens (tertiary/aromatic N) is 6. The van der Waals surface area contributed by atoms with Gasteiger partial charge in [0.2, 0.25) is 0 Å². The molecule has 0 spiro atoms. The van der Waals surface area contributed by atoms with Crippen LogP contribution in [0.25, 0.3) is 0 Å². The van der Waals surface area contributed by atoms with Gasteiger partial charge in [-0.15, -0.1) is 10.2 Å². The molecule has 0 unspecified atom stereocenters. The van der Waals surface area contributed by atoms with Crippen molar-refractivity contribution >= 4 is 17.5 Å². The number of hydrogen-bond acceptors (Lipinski definition) is 6. The van der Waals surface area contributed by atoms with Crippen LogP contribution in [-0.4, -0.2) is 20.8 Å². The normalized spacial score (nSPS) is 12.1. The maximum atomic E-state index is 4.29. The van der Waals surface area contributed by atoms with Gasteiger partial charge in [0, 0.05) is 5.92 Å². The van der Waals surface area contributed by atoms with Gasteiger partial charge >= 0.3 is 0 Å². The third-order valence-corrected chi connectivity index (χ3v) is 2.68. The summed E-state index contributed by atoms with van der Waals surface area (Å²) in [6, 6.07) is 9.67. The summed E-state index contributed by atoms with van der Waals surface area (Å²) >= 11 is 0. The number of aryl methyl sites for hydroxylation is 2. The van der Waals surface area contributed by atoms with Crippen molar-refractivity contribution in [2.75, 3.05) is 5.43 Å². The molecule has 0 aliphatic rings. The predicted octanol–water partition coefficient (Wildman–Crippen LogP) is 3.65. The molecule has 114 valence electrons. The van der Waals surface area contributed by atoms with Gasteiger partial charge in [0.05, 0.1) is 5.69 Å². The minimum Gasteiger partial charge on any atom is -0.277 e. The van der Waals surface area contributed by atoms with Crippen molar-refractivity contribution in [3.63, 3.8) is 0 Å². The molecule has 0 bridgehead atoms. The molecule has 1 heterocycles. The van der Waals surface area contributed by atoms with E-state index < -0.39 is 0 Å². The van der Waals surface area contributed by atoms with E-state index in [1.165, 1.54) is 0 Å². The van der Waals surface area contributed by atoms with Gasteiger partial charge in [-0.1, -0.05) is 32.0 Å². The fraction of sp³-hybridized carbons (Fsp3) is 0.333. The molecule has 0 amide bonds. The highest BCUT2D eigenvalue weighted by atomic mass is 15.3. The summed E-state index contributed by atoms with van der Waals surface area (Å²) in [5.74, 6) is 2.21. The Bertz CT molecular complexity index is 657. The lowest BCUT2D eigenvalue weighted by molar-refractivity contribution is 0.849. The largest absolute Gasteiger partial charge is 0.277 e. The van der Waals surface area contributed by atoms with Gasteiger partial charge in [-0.2, -0.15) is 15.1 Å². The van der Waals surface area contributed by atoms with E-state index in [2.05, 4.69) is 35.7 Å². The molecule has 0 saturated heterocycles. The number of amidine groups is 1. The fourth-order valence-corrected chi connectivity index (χ4v) is 1.64. The second-order valence-corrected chi connectivity index (χ2v) is 5.03. The Morgan fingerprint density at radius 2 is 1.64 bits per heavy atom. The molecular formula is C15H19N7. The van der Waals surface area contributed by atoms with E-state index in [1.54, 1.807) is 13.8 Å². The molecule has 0 atom stereocenters. The Morgan fingerprint density at radius 3 is 2.23 bits per heavy atom. The first-order chi connectivity index (χ1) is 10.5. The minimum absolute atomic E-state index is 0.115. The second kappa shape index (κ2) is 7.35. The van der Waals surface area contributed by atoms with Crippen LogP contribution in [0.1, 0.15) is 25.5 Å². The van der Waals surface area contributed by atoms with E-state index in [0.717, 1.165) is 5.69 Å². The molecule has 0 fully saturated rings. The molecule has 22 heavy (non-hydrogen) atoms. The number of anilines is 1. The molecule has 1 N–H and O–H groups in total.